The van der Waals surface area contributed by atoms with Crippen molar-refractivity contribution in [2.75, 3.05) is 12.8 Å². The van der Waals surface area contributed by atoms with E-state index in [9.17, 15) is 9.59 Å². The number of amides is 1. The molecule has 0 atom stereocenters. The van der Waals surface area contributed by atoms with Gasteiger partial charge in [-0.15, -0.1) is 11.3 Å². The van der Waals surface area contributed by atoms with Crippen LogP contribution in [0.4, 0.5) is 5.69 Å². The van der Waals surface area contributed by atoms with Gasteiger partial charge in [0.15, 0.2) is 0 Å². The number of hydrogen-bond acceptors (Lipinski definition) is 6. The van der Waals surface area contributed by atoms with Crippen LogP contribution >= 0.6 is 11.3 Å². The van der Waals surface area contributed by atoms with Gasteiger partial charge in [-0.25, -0.2) is 4.68 Å². The van der Waals surface area contributed by atoms with Crippen LogP contribution in [-0.4, -0.2) is 22.8 Å². The van der Waals surface area contributed by atoms with Gasteiger partial charge in [0.2, 0.25) is 5.91 Å². The lowest BCUT2D eigenvalue weighted by Gasteiger charge is -2.09. The van der Waals surface area contributed by atoms with E-state index >= 15 is 0 Å². The van der Waals surface area contributed by atoms with E-state index in [1.165, 1.54) is 17.4 Å². The van der Waals surface area contributed by atoms with E-state index in [-0.39, 0.29) is 18.1 Å². The Balaban J connectivity index is 1.69. The summed E-state index contributed by atoms with van der Waals surface area (Å²) in [5.41, 5.74) is 6.86. The number of carbonyl (C=O) groups excluding carboxylic acids is 1. The SMILES string of the molecule is COc1ccc(CNC(=O)Cn2nc(-c3cccs3)cc(N)c2=O)cc1. The molecule has 7 nitrogen and oxygen atoms in total. The Hall–Kier alpha value is -3.13. The van der Waals surface area contributed by atoms with Gasteiger partial charge in [0.1, 0.15) is 23.7 Å². The number of ether oxygens (including phenoxy) is 1. The molecule has 3 aromatic rings. The Morgan fingerprint density at radius 3 is 2.73 bits per heavy atom. The highest BCUT2D eigenvalue weighted by Crippen LogP contribution is 2.22. The van der Waals surface area contributed by atoms with E-state index in [1.54, 1.807) is 7.11 Å². The van der Waals surface area contributed by atoms with Gasteiger partial charge in [0.25, 0.3) is 5.56 Å². The van der Waals surface area contributed by atoms with Gasteiger partial charge in [-0.2, -0.15) is 5.10 Å². The number of nitrogens with two attached hydrogens (primary N) is 1. The number of benzene rings is 1. The fourth-order valence-corrected chi connectivity index (χ4v) is 3.03. The summed E-state index contributed by atoms with van der Waals surface area (Å²) in [6.45, 7) is 0.149. The smallest absolute Gasteiger partial charge is 0.290 e. The first-order chi connectivity index (χ1) is 12.6. The van der Waals surface area contributed by atoms with Gasteiger partial charge in [-0.05, 0) is 35.2 Å². The lowest BCUT2D eigenvalue weighted by Crippen LogP contribution is -2.34. The summed E-state index contributed by atoms with van der Waals surface area (Å²) in [5, 5.41) is 8.93. The van der Waals surface area contributed by atoms with Crippen LogP contribution in [0.5, 0.6) is 5.75 Å². The second-order valence-electron chi connectivity index (χ2n) is 5.55. The molecule has 26 heavy (non-hydrogen) atoms. The zero-order valence-electron chi connectivity index (χ0n) is 14.1. The summed E-state index contributed by atoms with van der Waals surface area (Å²) in [5.74, 6) is 0.426. The molecule has 3 N–H and O–H groups in total. The molecule has 3 rings (SSSR count). The largest absolute Gasteiger partial charge is 0.497 e. The molecule has 0 spiro atoms. The van der Waals surface area contributed by atoms with Crippen LogP contribution in [0.2, 0.25) is 0 Å². The topological polar surface area (TPSA) is 99.2 Å². The van der Waals surface area contributed by atoms with E-state index in [2.05, 4.69) is 10.4 Å². The number of thiophene rings is 1. The number of methoxy groups -OCH3 is 1. The zero-order chi connectivity index (χ0) is 18.5. The molecule has 134 valence electrons. The number of nitrogens with zero attached hydrogens (tertiary/aromatic N) is 2. The van der Waals surface area contributed by atoms with Crippen molar-refractivity contribution < 1.29 is 9.53 Å². The summed E-state index contributed by atoms with van der Waals surface area (Å²) in [4.78, 5) is 25.2. The number of anilines is 1. The molecule has 0 radical (unpaired) electrons. The fourth-order valence-electron chi connectivity index (χ4n) is 2.35. The van der Waals surface area contributed by atoms with Gasteiger partial charge >= 0.3 is 0 Å². The minimum atomic E-state index is -0.482. The Morgan fingerprint density at radius 1 is 1.31 bits per heavy atom. The minimum absolute atomic E-state index is 0.0614. The van der Waals surface area contributed by atoms with E-state index in [1.807, 2.05) is 41.8 Å². The van der Waals surface area contributed by atoms with Crippen molar-refractivity contribution in [3.63, 3.8) is 0 Å². The first-order valence-electron chi connectivity index (χ1n) is 7.88. The Morgan fingerprint density at radius 2 is 2.08 bits per heavy atom. The zero-order valence-corrected chi connectivity index (χ0v) is 15.0. The molecular weight excluding hydrogens is 352 g/mol. The summed E-state index contributed by atoms with van der Waals surface area (Å²) < 4.78 is 6.19. The molecule has 1 amide bonds. The third kappa shape index (κ3) is 4.09. The second kappa shape index (κ2) is 7.83. The maximum Gasteiger partial charge on any atom is 0.290 e. The number of nitrogen functional groups attached to an aromatic ring is 1. The predicted octanol–water partition coefficient (Wildman–Crippen LogP) is 1.88. The van der Waals surface area contributed by atoms with Gasteiger partial charge in [0, 0.05) is 6.54 Å². The molecule has 2 aromatic heterocycles. The average molecular weight is 370 g/mol. The molecule has 2 heterocycles. The monoisotopic (exact) mass is 370 g/mol. The third-order valence-electron chi connectivity index (χ3n) is 3.72. The van der Waals surface area contributed by atoms with Crippen molar-refractivity contribution in [1.82, 2.24) is 15.1 Å². The first-order valence-corrected chi connectivity index (χ1v) is 8.76. The van der Waals surface area contributed by atoms with Crippen LogP contribution in [0, 0.1) is 0 Å². The van der Waals surface area contributed by atoms with E-state index in [0.29, 0.717) is 12.2 Å². The molecule has 0 saturated carbocycles. The minimum Gasteiger partial charge on any atom is -0.497 e. The van der Waals surface area contributed by atoms with Crippen LogP contribution in [0.25, 0.3) is 10.6 Å². The Labute approximate surface area is 154 Å². The van der Waals surface area contributed by atoms with Crippen molar-refractivity contribution in [2.24, 2.45) is 0 Å². The van der Waals surface area contributed by atoms with E-state index < -0.39 is 5.56 Å². The van der Waals surface area contributed by atoms with Crippen LogP contribution in [-0.2, 0) is 17.9 Å². The van der Waals surface area contributed by atoms with Crippen molar-refractivity contribution in [2.45, 2.75) is 13.1 Å². The van der Waals surface area contributed by atoms with Gasteiger partial charge in [-0.1, -0.05) is 18.2 Å². The molecule has 0 bridgehead atoms. The number of nitrogens with one attached hydrogen (secondary N) is 1. The summed E-state index contributed by atoms with van der Waals surface area (Å²) in [7, 11) is 1.59. The van der Waals surface area contributed by atoms with Crippen LogP contribution in [0.15, 0.2) is 52.6 Å². The molecular formula is C18H18N4O3S. The molecule has 0 aliphatic carbocycles. The second-order valence-corrected chi connectivity index (χ2v) is 6.50. The lowest BCUT2D eigenvalue weighted by atomic mass is 10.2. The van der Waals surface area contributed by atoms with Gasteiger partial charge in [0.05, 0.1) is 12.0 Å². The molecule has 0 aliphatic heterocycles. The molecule has 0 fully saturated rings. The quantitative estimate of drug-likeness (QED) is 0.690. The maximum atomic E-state index is 12.2. The van der Waals surface area contributed by atoms with E-state index in [0.717, 1.165) is 20.9 Å². The molecule has 1 aromatic carbocycles. The van der Waals surface area contributed by atoms with Crippen molar-refractivity contribution in [3.8, 4) is 16.3 Å². The number of hydrogen-bond donors (Lipinski definition) is 2. The average Bonchev–Trinajstić information content (AvgIpc) is 3.19. The summed E-state index contributed by atoms with van der Waals surface area (Å²) >= 11 is 1.48. The van der Waals surface area contributed by atoms with Gasteiger partial charge in [-0.3, -0.25) is 9.59 Å². The Bertz CT molecular complexity index is 950. The normalized spacial score (nSPS) is 10.5. The van der Waals surface area contributed by atoms with Crippen molar-refractivity contribution in [3.05, 3.63) is 63.8 Å². The Kier molecular flexibility index (Phi) is 5.33. The predicted molar refractivity (Wildman–Crippen MR) is 101 cm³/mol. The number of carbonyl (C=O) groups is 1. The van der Waals surface area contributed by atoms with Crippen molar-refractivity contribution >= 4 is 22.9 Å². The lowest BCUT2D eigenvalue weighted by molar-refractivity contribution is -0.122. The molecule has 8 heteroatoms. The van der Waals surface area contributed by atoms with Crippen LogP contribution in [0.1, 0.15) is 5.56 Å². The fraction of sp³-hybridized carbons (Fsp3) is 0.167. The van der Waals surface area contributed by atoms with E-state index in [4.69, 9.17) is 10.5 Å². The molecule has 0 unspecified atom stereocenters. The third-order valence-corrected chi connectivity index (χ3v) is 4.61. The number of aromatic nitrogens is 2. The highest BCUT2D eigenvalue weighted by atomic mass is 32.1. The summed E-state index contributed by atoms with van der Waals surface area (Å²) in [6, 6.07) is 12.6. The molecule has 0 aliphatic rings. The highest BCUT2D eigenvalue weighted by Gasteiger charge is 2.11. The highest BCUT2D eigenvalue weighted by molar-refractivity contribution is 7.13. The first kappa shape index (κ1) is 17.7. The summed E-state index contributed by atoms with van der Waals surface area (Å²) in [6.07, 6.45) is 0. The molecule has 0 saturated heterocycles. The van der Waals surface area contributed by atoms with Gasteiger partial charge < -0.3 is 15.8 Å². The van der Waals surface area contributed by atoms with Crippen LogP contribution in [0.3, 0.4) is 0 Å². The maximum absolute atomic E-state index is 12.2. The van der Waals surface area contributed by atoms with Crippen molar-refractivity contribution in [1.29, 1.82) is 0 Å². The number of rotatable bonds is 6. The standard InChI is InChI=1S/C18H18N4O3S/c1-25-13-6-4-12(5-7-13)10-20-17(23)11-22-18(24)14(19)9-15(21-22)16-3-2-8-26-16/h2-9H,10-11,19H2,1H3,(H,20,23). The van der Waals surface area contributed by atoms with Crippen LogP contribution < -0.4 is 21.3 Å².